The number of rotatable bonds is 2. The summed E-state index contributed by atoms with van der Waals surface area (Å²) in [6, 6.07) is 8.88. The molecule has 6 heteroatoms. The third kappa shape index (κ3) is 3.62. The summed E-state index contributed by atoms with van der Waals surface area (Å²) in [5.41, 5.74) is 2.19. The molecule has 1 N–H and O–H groups in total. The zero-order chi connectivity index (χ0) is 16.4. The van der Waals surface area contributed by atoms with Crippen molar-refractivity contribution in [2.24, 2.45) is 0 Å². The number of hydrogen-bond donors (Lipinski definition) is 1. The first-order valence-corrected chi connectivity index (χ1v) is 8.38. The normalized spacial score (nSPS) is 13.3. The maximum atomic E-state index is 12.5. The predicted molar refractivity (Wildman–Crippen MR) is 93.9 cm³/mol. The first kappa shape index (κ1) is 16.1. The van der Waals surface area contributed by atoms with Crippen molar-refractivity contribution in [2.45, 2.75) is 13.3 Å². The minimum atomic E-state index is -0.246. The van der Waals surface area contributed by atoms with E-state index < -0.39 is 0 Å². The summed E-state index contributed by atoms with van der Waals surface area (Å²) in [4.78, 5) is 12.5. The van der Waals surface area contributed by atoms with E-state index in [2.05, 4.69) is 21.2 Å². The van der Waals surface area contributed by atoms with Crippen LogP contribution in [0.2, 0.25) is 5.02 Å². The molecule has 120 valence electrons. The zero-order valence-electron chi connectivity index (χ0n) is 12.5. The number of fused-ring (bicyclic) bond motifs is 1. The molecule has 1 aliphatic rings. The molecule has 0 atom stereocenters. The van der Waals surface area contributed by atoms with E-state index in [9.17, 15) is 4.79 Å². The van der Waals surface area contributed by atoms with Gasteiger partial charge in [-0.2, -0.15) is 0 Å². The molecule has 0 aliphatic carbocycles. The van der Waals surface area contributed by atoms with Gasteiger partial charge in [-0.25, -0.2) is 0 Å². The molecule has 3 rings (SSSR count). The summed E-state index contributed by atoms with van der Waals surface area (Å²) in [5.74, 6) is 0.761. The third-order valence-corrected chi connectivity index (χ3v) is 4.65. The van der Waals surface area contributed by atoms with E-state index in [0.29, 0.717) is 35.3 Å². The van der Waals surface area contributed by atoms with E-state index in [0.717, 1.165) is 22.1 Å². The van der Waals surface area contributed by atoms with Gasteiger partial charge in [0.1, 0.15) is 0 Å². The molecular weight excluding hydrogens is 382 g/mol. The third-order valence-electron chi connectivity index (χ3n) is 3.48. The molecule has 0 spiro atoms. The Morgan fingerprint density at radius 2 is 2.00 bits per heavy atom. The Hall–Kier alpha value is -1.72. The number of carbonyl (C=O) groups is 1. The minimum Gasteiger partial charge on any atom is -0.489 e. The second kappa shape index (κ2) is 6.81. The molecule has 0 saturated heterocycles. The first-order valence-electron chi connectivity index (χ1n) is 7.21. The maximum absolute atomic E-state index is 12.5. The molecular formula is C17H15BrClNO3. The second-order valence-corrected chi connectivity index (χ2v) is 6.52. The van der Waals surface area contributed by atoms with Gasteiger partial charge in [0.15, 0.2) is 11.5 Å². The van der Waals surface area contributed by atoms with Gasteiger partial charge in [0.05, 0.1) is 18.2 Å². The number of carbonyl (C=O) groups excluding carboxylic acids is 1. The van der Waals surface area contributed by atoms with Gasteiger partial charge in [-0.1, -0.05) is 27.5 Å². The van der Waals surface area contributed by atoms with Gasteiger partial charge in [0.25, 0.3) is 5.91 Å². The molecule has 23 heavy (non-hydrogen) atoms. The van der Waals surface area contributed by atoms with Crippen molar-refractivity contribution in [3.05, 3.63) is 51.0 Å². The molecule has 0 radical (unpaired) electrons. The molecule has 0 fully saturated rings. The van der Waals surface area contributed by atoms with E-state index in [4.69, 9.17) is 21.1 Å². The number of ether oxygens (including phenoxy) is 2. The lowest BCUT2D eigenvalue weighted by Crippen LogP contribution is -2.12. The number of halogens is 2. The van der Waals surface area contributed by atoms with Crippen LogP contribution in [0.25, 0.3) is 0 Å². The van der Waals surface area contributed by atoms with Crippen LogP contribution < -0.4 is 14.8 Å². The van der Waals surface area contributed by atoms with Crippen LogP contribution in [0.4, 0.5) is 5.69 Å². The van der Waals surface area contributed by atoms with Crippen molar-refractivity contribution in [3.63, 3.8) is 0 Å². The number of amides is 1. The molecule has 1 aliphatic heterocycles. The van der Waals surface area contributed by atoms with Gasteiger partial charge >= 0.3 is 0 Å². The van der Waals surface area contributed by atoms with Crippen LogP contribution in [0.3, 0.4) is 0 Å². The number of aryl methyl sites for hydroxylation is 1. The van der Waals surface area contributed by atoms with Crippen LogP contribution in [-0.2, 0) is 0 Å². The highest BCUT2D eigenvalue weighted by Gasteiger charge is 2.18. The van der Waals surface area contributed by atoms with Gasteiger partial charge in [-0.3, -0.25) is 4.79 Å². The quantitative estimate of drug-likeness (QED) is 0.791. The standard InChI is InChI=1S/C17H15BrClNO3/c1-10-7-12(3-4-13(10)18)20-17(21)11-8-14(19)16-15(9-11)22-5-2-6-23-16/h3-4,7-9H,2,5-6H2,1H3,(H,20,21). The number of hydrogen-bond acceptors (Lipinski definition) is 3. The van der Waals surface area contributed by atoms with Gasteiger partial charge in [-0.05, 0) is 42.8 Å². The smallest absolute Gasteiger partial charge is 0.255 e. The average molecular weight is 397 g/mol. The van der Waals surface area contributed by atoms with Crippen LogP contribution in [-0.4, -0.2) is 19.1 Å². The van der Waals surface area contributed by atoms with E-state index >= 15 is 0 Å². The summed E-state index contributed by atoms with van der Waals surface area (Å²) in [6.07, 6.45) is 0.782. The molecule has 0 aromatic heterocycles. The van der Waals surface area contributed by atoms with E-state index in [-0.39, 0.29) is 5.91 Å². The van der Waals surface area contributed by atoms with Crippen molar-refractivity contribution in [1.29, 1.82) is 0 Å². The van der Waals surface area contributed by atoms with Crippen LogP contribution in [0.15, 0.2) is 34.8 Å². The molecule has 1 heterocycles. The predicted octanol–water partition coefficient (Wildman–Crippen LogP) is 4.82. The average Bonchev–Trinajstić information content (AvgIpc) is 2.76. The van der Waals surface area contributed by atoms with Crippen molar-refractivity contribution >= 4 is 39.1 Å². The van der Waals surface area contributed by atoms with Crippen molar-refractivity contribution in [3.8, 4) is 11.5 Å². The molecule has 0 unspecified atom stereocenters. The summed E-state index contributed by atoms with van der Waals surface area (Å²) in [6.45, 7) is 3.06. The molecule has 2 aromatic carbocycles. The second-order valence-electron chi connectivity index (χ2n) is 5.25. The lowest BCUT2D eigenvalue weighted by atomic mass is 10.1. The Kier molecular flexibility index (Phi) is 4.78. The SMILES string of the molecule is Cc1cc(NC(=O)c2cc(Cl)c3c(c2)OCCCO3)ccc1Br. The lowest BCUT2D eigenvalue weighted by Gasteiger charge is -2.12. The Labute approximate surface area is 147 Å². The first-order chi connectivity index (χ1) is 11.0. The van der Waals surface area contributed by atoms with Gasteiger partial charge < -0.3 is 14.8 Å². The van der Waals surface area contributed by atoms with Crippen LogP contribution >= 0.6 is 27.5 Å². The van der Waals surface area contributed by atoms with Crippen molar-refractivity contribution in [2.75, 3.05) is 18.5 Å². The highest BCUT2D eigenvalue weighted by atomic mass is 79.9. The zero-order valence-corrected chi connectivity index (χ0v) is 14.8. The van der Waals surface area contributed by atoms with E-state index in [1.54, 1.807) is 12.1 Å². The Morgan fingerprint density at radius 1 is 1.22 bits per heavy atom. The molecule has 0 bridgehead atoms. The largest absolute Gasteiger partial charge is 0.489 e. The van der Waals surface area contributed by atoms with Crippen molar-refractivity contribution in [1.82, 2.24) is 0 Å². The topological polar surface area (TPSA) is 47.6 Å². The maximum Gasteiger partial charge on any atom is 0.255 e. The van der Waals surface area contributed by atoms with Crippen LogP contribution in [0.5, 0.6) is 11.5 Å². The van der Waals surface area contributed by atoms with Crippen molar-refractivity contribution < 1.29 is 14.3 Å². The van der Waals surface area contributed by atoms with Gasteiger partial charge in [-0.15, -0.1) is 0 Å². The Bertz CT molecular complexity index is 764. The lowest BCUT2D eigenvalue weighted by molar-refractivity contribution is 0.102. The highest BCUT2D eigenvalue weighted by molar-refractivity contribution is 9.10. The minimum absolute atomic E-state index is 0.246. The summed E-state index contributed by atoms with van der Waals surface area (Å²) in [5, 5.41) is 3.24. The molecule has 1 amide bonds. The van der Waals surface area contributed by atoms with Gasteiger partial charge in [0.2, 0.25) is 0 Å². The number of anilines is 1. The van der Waals surface area contributed by atoms with E-state index in [1.807, 2.05) is 25.1 Å². The molecule has 4 nitrogen and oxygen atoms in total. The summed E-state index contributed by atoms with van der Waals surface area (Å²) >= 11 is 9.66. The van der Waals surface area contributed by atoms with E-state index in [1.165, 1.54) is 0 Å². The summed E-state index contributed by atoms with van der Waals surface area (Å²) in [7, 11) is 0. The fraction of sp³-hybridized carbons (Fsp3) is 0.235. The van der Waals surface area contributed by atoms with Gasteiger partial charge in [0, 0.05) is 22.1 Å². The van der Waals surface area contributed by atoms with Crippen LogP contribution in [0, 0.1) is 6.92 Å². The molecule has 2 aromatic rings. The fourth-order valence-corrected chi connectivity index (χ4v) is 2.80. The Morgan fingerprint density at radius 3 is 2.78 bits per heavy atom. The highest BCUT2D eigenvalue weighted by Crippen LogP contribution is 2.38. The van der Waals surface area contributed by atoms with Crippen LogP contribution in [0.1, 0.15) is 22.3 Å². The number of benzene rings is 2. The number of nitrogens with one attached hydrogen (secondary N) is 1. The molecule has 0 saturated carbocycles. The summed E-state index contributed by atoms with van der Waals surface area (Å²) < 4.78 is 12.2. The Balaban J connectivity index is 1.86. The monoisotopic (exact) mass is 395 g/mol. The fourth-order valence-electron chi connectivity index (χ4n) is 2.29.